The molecule has 0 bridgehead atoms. The highest BCUT2D eigenvalue weighted by Gasteiger charge is 2.56. The van der Waals surface area contributed by atoms with Crippen molar-refractivity contribution >= 4 is 11.8 Å². The molecule has 1 heterocycles. The molecule has 138 valence electrons. The van der Waals surface area contributed by atoms with Crippen LogP contribution in [0.1, 0.15) is 12.5 Å². The summed E-state index contributed by atoms with van der Waals surface area (Å²) >= 11 is 0.125. The lowest BCUT2D eigenvalue weighted by Crippen LogP contribution is -2.47. The average molecular weight is 379 g/mol. The highest BCUT2D eigenvalue weighted by Crippen LogP contribution is 2.47. The number of halogens is 4. The van der Waals surface area contributed by atoms with Crippen LogP contribution in [-0.4, -0.2) is 44.1 Å². The molecule has 1 aromatic carbocycles. The van der Waals surface area contributed by atoms with E-state index in [4.69, 9.17) is 4.74 Å². The molecule has 0 fully saturated rings. The van der Waals surface area contributed by atoms with Gasteiger partial charge >= 0.3 is 5.25 Å². The Morgan fingerprint density at radius 1 is 1.32 bits per heavy atom. The number of thioether (sulfide) groups is 1. The molecule has 0 aliphatic carbocycles. The predicted molar refractivity (Wildman–Crippen MR) is 84.2 cm³/mol. The average Bonchev–Trinajstić information content (AvgIpc) is 3.04. The maximum absolute atomic E-state index is 14.8. The van der Waals surface area contributed by atoms with Crippen molar-refractivity contribution in [1.82, 2.24) is 14.8 Å². The first-order valence-electron chi connectivity index (χ1n) is 7.40. The molecule has 0 saturated carbocycles. The van der Waals surface area contributed by atoms with Gasteiger partial charge in [0, 0.05) is 24.0 Å². The summed E-state index contributed by atoms with van der Waals surface area (Å²) in [4.78, 5) is 3.62. The van der Waals surface area contributed by atoms with Crippen LogP contribution in [0.2, 0.25) is 0 Å². The summed E-state index contributed by atoms with van der Waals surface area (Å²) in [5, 5.41) is 10.6. The number of alkyl halides is 2. The van der Waals surface area contributed by atoms with E-state index in [1.54, 1.807) is 6.92 Å². The third-order valence-electron chi connectivity index (χ3n) is 3.43. The van der Waals surface area contributed by atoms with Crippen LogP contribution in [0.15, 0.2) is 30.9 Å². The van der Waals surface area contributed by atoms with Crippen LogP contribution in [0, 0.1) is 11.6 Å². The van der Waals surface area contributed by atoms with Crippen molar-refractivity contribution in [3.63, 3.8) is 0 Å². The third-order valence-corrected chi connectivity index (χ3v) is 4.50. The van der Waals surface area contributed by atoms with E-state index in [2.05, 4.69) is 10.1 Å². The second-order valence-electron chi connectivity index (χ2n) is 5.14. The molecule has 0 aliphatic heterocycles. The van der Waals surface area contributed by atoms with Crippen LogP contribution in [0.5, 0.6) is 0 Å². The molecule has 10 heteroatoms. The van der Waals surface area contributed by atoms with Crippen LogP contribution < -0.4 is 0 Å². The molecular weight excluding hydrogens is 362 g/mol. The molecule has 0 amide bonds. The lowest BCUT2D eigenvalue weighted by atomic mass is 9.93. The number of benzene rings is 1. The van der Waals surface area contributed by atoms with E-state index in [1.165, 1.54) is 0 Å². The van der Waals surface area contributed by atoms with E-state index in [0.717, 1.165) is 29.5 Å². The fraction of sp³-hybridized carbons (Fsp3) is 0.467. The van der Waals surface area contributed by atoms with E-state index >= 15 is 0 Å². The fourth-order valence-electron chi connectivity index (χ4n) is 2.20. The fourth-order valence-corrected chi connectivity index (χ4v) is 3.07. The van der Waals surface area contributed by atoms with Crippen molar-refractivity contribution < 1.29 is 27.4 Å². The Kier molecular flexibility index (Phi) is 6.42. The van der Waals surface area contributed by atoms with Crippen molar-refractivity contribution in [2.45, 2.75) is 24.3 Å². The second-order valence-corrected chi connectivity index (χ2v) is 6.35. The summed E-state index contributed by atoms with van der Waals surface area (Å²) in [5.74, 6) is -2.33. The third kappa shape index (κ3) is 4.50. The molecule has 5 nitrogen and oxygen atoms in total. The van der Waals surface area contributed by atoms with Crippen molar-refractivity contribution in [3.05, 3.63) is 48.1 Å². The van der Waals surface area contributed by atoms with E-state index in [1.807, 2.05) is 0 Å². The monoisotopic (exact) mass is 379 g/mol. The Hall–Kier alpha value is -1.65. The lowest BCUT2D eigenvalue weighted by molar-refractivity contribution is -0.139. The van der Waals surface area contributed by atoms with Crippen LogP contribution >= 0.6 is 11.8 Å². The minimum atomic E-state index is -3.80. The molecule has 1 aromatic heterocycles. The van der Waals surface area contributed by atoms with Crippen LogP contribution in [-0.2, 0) is 16.9 Å². The zero-order chi connectivity index (χ0) is 18.5. The summed E-state index contributed by atoms with van der Waals surface area (Å²) in [5.41, 5.74) is -3.69. The standard InChI is InChI=1S/C15H17F4N3O2S/c1-2-24-5-6-25-15(18,19)14(23,8-22-10-20-9-21-22)12-4-3-11(16)7-13(12)17/h3-4,7,9-10,23H,2,5-6,8H2,1H3. The van der Waals surface area contributed by atoms with Gasteiger partial charge in [-0.3, -0.25) is 0 Å². The molecule has 0 saturated heterocycles. The van der Waals surface area contributed by atoms with Crippen molar-refractivity contribution in [3.8, 4) is 0 Å². The number of aromatic nitrogens is 3. The van der Waals surface area contributed by atoms with Gasteiger partial charge in [0.1, 0.15) is 24.3 Å². The molecule has 25 heavy (non-hydrogen) atoms. The molecule has 1 N–H and O–H groups in total. The summed E-state index contributed by atoms with van der Waals surface area (Å²) in [6.45, 7) is 1.37. The molecular formula is C15H17F4N3O2S. The van der Waals surface area contributed by atoms with E-state index in [0.29, 0.717) is 12.7 Å². The van der Waals surface area contributed by atoms with Gasteiger partial charge in [0.2, 0.25) is 0 Å². The van der Waals surface area contributed by atoms with Crippen molar-refractivity contribution in [1.29, 1.82) is 0 Å². The Labute approximate surface area is 146 Å². The maximum atomic E-state index is 14.8. The molecule has 0 aliphatic rings. The first-order valence-corrected chi connectivity index (χ1v) is 8.38. The van der Waals surface area contributed by atoms with Crippen LogP contribution in [0.4, 0.5) is 17.6 Å². The summed E-state index contributed by atoms with van der Waals surface area (Å²) < 4.78 is 62.8. The van der Waals surface area contributed by atoms with E-state index in [-0.39, 0.29) is 24.1 Å². The Morgan fingerprint density at radius 2 is 2.08 bits per heavy atom. The van der Waals surface area contributed by atoms with Crippen molar-refractivity contribution in [2.24, 2.45) is 0 Å². The Balaban J connectivity index is 2.37. The molecule has 0 radical (unpaired) electrons. The van der Waals surface area contributed by atoms with Gasteiger partial charge in [-0.25, -0.2) is 18.4 Å². The minimum Gasteiger partial charge on any atom is -0.381 e. The normalized spacial score (nSPS) is 14.5. The first kappa shape index (κ1) is 19.7. The molecule has 1 unspecified atom stereocenters. The molecule has 0 spiro atoms. The highest BCUT2D eigenvalue weighted by molar-refractivity contribution is 8.00. The number of rotatable bonds is 9. The second kappa shape index (κ2) is 8.15. The van der Waals surface area contributed by atoms with Gasteiger partial charge in [0.05, 0.1) is 13.2 Å². The minimum absolute atomic E-state index is 0.0437. The zero-order valence-corrected chi connectivity index (χ0v) is 14.1. The quantitative estimate of drug-likeness (QED) is 0.536. The van der Waals surface area contributed by atoms with Gasteiger partial charge in [0.25, 0.3) is 0 Å². The lowest BCUT2D eigenvalue weighted by Gasteiger charge is -2.35. The van der Waals surface area contributed by atoms with Gasteiger partial charge in [0.15, 0.2) is 5.60 Å². The van der Waals surface area contributed by atoms with E-state index < -0.39 is 34.6 Å². The Morgan fingerprint density at radius 3 is 2.68 bits per heavy atom. The van der Waals surface area contributed by atoms with E-state index in [9.17, 15) is 22.7 Å². The molecule has 1 atom stereocenters. The summed E-state index contributed by atoms with van der Waals surface area (Å²) in [6, 6.07) is 2.06. The zero-order valence-electron chi connectivity index (χ0n) is 13.3. The van der Waals surface area contributed by atoms with Crippen molar-refractivity contribution in [2.75, 3.05) is 19.0 Å². The SMILES string of the molecule is CCOCCSC(F)(F)C(O)(Cn1cncn1)c1ccc(F)cc1F. The summed E-state index contributed by atoms with van der Waals surface area (Å²) in [6.07, 6.45) is 2.22. The number of hydrogen-bond acceptors (Lipinski definition) is 5. The van der Waals surface area contributed by atoms with Gasteiger partial charge in [-0.1, -0.05) is 11.8 Å². The number of hydrogen-bond donors (Lipinski definition) is 1. The highest BCUT2D eigenvalue weighted by atomic mass is 32.2. The van der Waals surface area contributed by atoms with Crippen LogP contribution in [0.3, 0.4) is 0 Å². The van der Waals surface area contributed by atoms with Crippen LogP contribution in [0.25, 0.3) is 0 Å². The van der Waals surface area contributed by atoms with Gasteiger partial charge in [-0.2, -0.15) is 13.9 Å². The number of aliphatic hydroxyl groups is 1. The summed E-state index contributed by atoms with van der Waals surface area (Å²) in [7, 11) is 0. The first-order chi connectivity index (χ1) is 11.8. The molecule has 2 aromatic rings. The van der Waals surface area contributed by atoms with Gasteiger partial charge < -0.3 is 9.84 Å². The Bertz CT molecular complexity index is 687. The van der Waals surface area contributed by atoms with Gasteiger partial charge in [-0.05, 0) is 19.1 Å². The predicted octanol–water partition coefficient (Wildman–Crippen LogP) is 2.81. The van der Waals surface area contributed by atoms with Gasteiger partial charge in [-0.15, -0.1) is 0 Å². The largest absolute Gasteiger partial charge is 0.381 e. The number of ether oxygens (including phenoxy) is 1. The molecule has 2 rings (SSSR count). The smallest absolute Gasteiger partial charge is 0.328 e. The maximum Gasteiger partial charge on any atom is 0.328 e. The topological polar surface area (TPSA) is 60.2 Å². The number of nitrogens with zero attached hydrogens (tertiary/aromatic N) is 3.